The molecule has 2 N–H and O–H groups in total. The van der Waals surface area contributed by atoms with Gasteiger partial charge in [-0.1, -0.05) is 11.6 Å². The van der Waals surface area contributed by atoms with Gasteiger partial charge in [-0.3, -0.25) is 4.79 Å². The van der Waals surface area contributed by atoms with E-state index in [0.29, 0.717) is 16.3 Å². The molecule has 1 aromatic rings. The molecule has 0 radical (unpaired) electrons. The summed E-state index contributed by atoms with van der Waals surface area (Å²) in [7, 11) is 3.34. The lowest BCUT2D eigenvalue weighted by atomic mass is 10.1. The van der Waals surface area contributed by atoms with Gasteiger partial charge in [-0.05, 0) is 18.2 Å². The Morgan fingerprint density at radius 3 is 2.62 bits per heavy atom. The van der Waals surface area contributed by atoms with E-state index in [0.717, 1.165) is 0 Å². The Bertz CT molecular complexity index is 336. The van der Waals surface area contributed by atoms with Crippen molar-refractivity contribution in [3.8, 4) is 0 Å². The molecule has 13 heavy (non-hydrogen) atoms. The molecule has 0 aromatic heterocycles. The molecule has 4 heteroatoms. The third-order valence-corrected chi connectivity index (χ3v) is 1.89. The predicted octanol–water partition coefficient (Wildman–Crippen LogP) is 1.62. The van der Waals surface area contributed by atoms with Crippen LogP contribution in [0.5, 0.6) is 0 Å². The lowest BCUT2D eigenvalue weighted by molar-refractivity contribution is 0.0828. The minimum Gasteiger partial charge on any atom is -0.398 e. The summed E-state index contributed by atoms with van der Waals surface area (Å²) in [5.74, 6) is -0.139. The Balaban J connectivity index is 3.13. The van der Waals surface area contributed by atoms with Crippen LogP contribution >= 0.6 is 11.6 Å². The van der Waals surface area contributed by atoms with Gasteiger partial charge in [0.2, 0.25) is 0 Å². The van der Waals surface area contributed by atoms with Gasteiger partial charge < -0.3 is 10.6 Å². The normalized spacial score (nSPS) is 9.77. The fourth-order valence-electron chi connectivity index (χ4n) is 0.955. The Hall–Kier alpha value is -1.22. The maximum Gasteiger partial charge on any atom is 0.255 e. The van der Waals surface area contributed by atoms with Crippen molar-refractivity contribution < 1.29 is 4.79 Å². The monoisotopic (exact) mass is 198 g/mol. The van der Waals surface area contributed by atoms with Crippen LogP contribution in [0.3, 0.4) is 0 Å². The third kappa shape index (κ3) is 2.12. The van der Waals surface area contributed by atoms with E-state index in [1.165, 1.54) is 4.90 Å². The smallest absolute Gasteiger partial charge is 0.255 e. The van der Waals surface area contributed by atoms with Crippen molar-refractivity contribution in [2.75, 3.05) is 19.8 Å². The maximum absolute atomic E-state index is 11.5. The van der Waals surface area contributed by atoms with Crippen LogP contribution < -0.4 is 5.73 Å². The molecule has 0 unspecified atom stereocenters. The first-order valence-electron chi connectivity index (χ1n) is 3.79. The summed E-state index contributed by atoms with van der Waals surface area (Å²) < 4.78 is 0. The number of halogens is 1. The van der Waals surface area contributed by atoms with Crippen molar-refractivity contribution in [1.29, 1.82) is 0 Å². The van der Waals surface area contributed by atoms with Crippen molar-refractivity contribution in [2.24, 2.45) is 0 Å². The third-order valence-electron chi connectivity index (χ3n) is 1.65. The van der Waals surface area contributed by atoms with E-state index < -0.39 is 0 Å². The van der Waals surface area contributed by atoms with Crippen LogP contribution in [0.2, 0.25) is 5.02 Å². The zero-order valence-electron chi connectivity index (χ0n) is 7.54. The average molecular weight is 199 g/mol. The van der Waals surface area contributed by atoms with Gasteiger partial charge in [0.25, 0.3) is 5.91 Å². The molecular formula is C9H11ClN2O. The second-order valence-electron chi connectivity index (χ2n) is 2.93. The number of amides is 1. The fraction of sp³-hybridized carbons (Fsp3) is 0.222. The number of hydrogen-bond acceptors (Lipinski definition) is 2. The molecule has 3 nitrogen and oxygen atoms in total. The number of hydrogen-bond donors (Lipinski definition) is 1. The number of benzene rings is 1. The largest absolute Gasteiger partial charge is 0.398 e. The van der Waals surface area contributed by atoms with Gasteiger partial charge in [0.1, 0.15) is 0 Å². The molecule has 0 atom stereocenters. The molecule has 70 valence electrons. The molecule has 0 saturated carbocycles. The highest BCUT2D eigenvalue weighted by molar-refractivity contribution is 6.31. The molecule has 0 aliphatic carbocycles. The van der Waals surface area contributed by atoms with Gasteiger partial charge in [-0.2, -0.15) is 0 Å². The van der Waals surface area contributed by atoms with Crippen LogP contribution in [0, 0.1) is 0 Å². The van der Waals surface area contributed by atoms with Crippen LogP contribution in [0.25, 0.3) is 0 Å². The molecule has 0 fully saturated rings. The summed E-state index contributed by atoms with van der Waals surface area (Å²) in [6, 6.07) is 4.85. The van der Waals surface area contributed by atoms with Gasteiger partial charge in [0.05, 0.1) is 5.56 Å². The first-order valence-corrected chi connectivity index (χ1v) is 4.17. The standard InChI is InChI=1S/C9H11ClN2O/c1-12(2)9(13)7-5-6(10)3-4-8(7)11/h3-5H,11H2,1-2H3. The maximum atomic E-state index is 11.5. The van der Waals surface area contributed by atoms with Gasteiger partial charge >= 0.3 is 0 Å². The van der Waals surface area contributed by atoms with Crippen LogP contribution in [-0.2, 0) is 0 Å². The molecule has 0 heterocycles. The summed E-state index contributed by atoms with van der Waals surface area (Å²) in [6.07, 6.45) is 0. The number of nitrogen functional groups attached to an aromatic ring is 1. The van der Waals surface area contributed by atoms with Crippen LogP contribution in [-0.4, -0.2) is 24.9 Å². The molecule has 1 rings (SSSR count). The van der Waals surface area contributed by atoms with E-state index in [9.17, 15) is 4.79 Å². The zero-order chi connectivity index (χ0) is 10.0. The fourth-order valence-corrected chi connectivity index (χ4v) is 1.13. The van der Waals surface area contributed by atoms with E-state index in [2.05, 4.69) is 0 Å². The molecule has 1 aromatic carbocycles. The molecule has 1 amide bonds. The lowest BCUT2D eigenvalue weighted by Crippen LogP contribution is -2.22. The first kappa shape index (κ1) is 9.86. The SMILES string of the molecule is CN(C)C(=O)c1cc(Cl)ccc1N. The number of rotatable bonds is 1. The van der Waals surface area contributed by atoms with Gasteiger partial charge in [0.15, 0.2) is 0 Å². The quantitative estimate of drug-likeness (QED) is 0.698. The predicted molar refractivity (Wildman–Crippen MR) is 53.9 cm³/mol. The van der Waals surface area contributed by atoms with Gasteiger partial charge in [0, 0.05) is 24.8 Å². The Labute approximate surface area is 82.1 Å². The minimum absolute atomic E-state index is 0.139. The van der Waals surface area contributed by atoms with E-state index in [-0.39, 0.29) is 5.91 Å². The van der Waals surface area contributed by atoms with Crippen molar-refractivity contribution in [2.45, 2.75) is 0 Å². The van der Waals surface area contributed by atoms with Gasteiger partial charge in [-0.25, -0.2) is 0 Å². The highest BCUT2D eigenvalue weighted by Crippen LogP contribution is 2.18. The molecular weight excluding hydrogens is 188 g/mol. The summed E-state index contributed by atoms with van der Waals surface area (Å²) in [4.78, 5) is 13.0. The lowest BCUT2D eigenvalue weighted by Gasteiger charge is -2.11. The summed E-state index contributed by atoms with van der Waals surface area (Å²) >= 11 is 5.74. The van der Waals surface area contributed by atoms with Crippen LogP contribution in [0.1, 0.15) is 10.4 Å². The van der Waals surface area contributed by atoms with Crippen LogP contribution in [0.4, 0.5) is 5.69 Å². The Kier molecular flexibility index (Phi) is 2.78. The highest BCUT2D eigenvalue weighted by atomic mass is 35.5. The number of nitrogens with zero attached hydrogens (tertiary/aromatic N) is 1. The second-order valence-corrected chi connectivity index (χ2v) is 3.37. The second kappa shape index (κ2) is 3.66. The van der Waals surface area contributed by atoms with E-state index in [1.54, 1.807) is 32.3 Å². The molecule has 0 aliphatic rings. The van der Waals surface area contributed by atoms with Crippen molar-refractivity contribution >= 4 is 23.2 Å². The number of anilines is 1. The summed E-state index contributed by atoms with van der Waals surface area (Å²) in [5.41, 5.74) is 6.51. The number of nitrogens with two attached hydrogens (primary N) is 1. The minimum atomic E-state index is -0.139. The van der Waals surface area contributed by atoms with Crippen LogP contribution in [0.15, 0.2) is 18.2 Å². The average Bonchev–Trinajstić information content (AvgIpc) is 2.08. The van der Waals surface area contributed by atoms with E-state index in [4.69, 9.17) is 17.3 Å². The van der Waals surface area contributed by atoms with E-state index >= 15 is 0 Å². The zero-order valence-corrected chi connectivity index (χ0v) is 8.30. The van der Waals surface area contributed by atoms with Crippen molar-refractivity contribution in [3.63, 3.8) is 0 Å². The molecule has 0 spiro atoms. The van der Waals surface area contributed by atoms with E-state index in [1.807, 2.05) is 0 Å². The first-order chi connectivity index (χ1) is 6.02. The number of carbonyl (C=O) groups is 1. The summed E-state index contributed by atoms with van der Waals surface area (Å²) in [6.45, 7) is 0. The Morgan fingerprint density at radius 2 is 2.08 bits per heavy atom. The molecule has 0 bridgehead atoms. The number of carbonyl (C=O) groups excluding carboxylic acids is 1. The topological polar surface area (TPSA) is 46.3 Å². The summed E-state index contributed by atoms with van der Waals surface area (Å²) in [5, 5.41) is 0.513. The Morgan fingerprint density at radius 1 is 1.46 bits per heavy atom. The molecule has 0 aliphatic heterocycles. The van der Waals surface area contributed by atoms with Crippen molar-refractivity contribution in [1.82, 2.24) is 4.90 Å². The highest BCUT2D eigenvalue weighted by Gasteiger charge is 2.11. The molecule has 0 saturated heterocycles. The van der Waals surface area contributed by atoms with Crippen molar-refractivity contribution in [3.05, 3.63) is 28.8 Å². The van der Waals surface area contributed by atoms with Gasteiger partial charge in [-0.15, -0.1) is 0 Å².